The lowest BCUT2D eigenvalue weighted by Crippen LogP contribution is -2.15. The molecule has 0 aliphatic rings. The smallest absolute Gasteiger partial charge is 0.130 e. The predicted molar refractivity (Wildman–Crippen MR) is 49.4 cm³/mol. The fourth-order valence-electron chi connectivity index (χ4n) is 1.23. The summed E-state index contributed by atoms with van der Waals surface area (Å²) in [6.07, 6.45) is 0.311. The summed E-state index contributed by atoms with van der Waals surface area (Å²) in [4.78, 5) is 0. The molecule has 1 rings (SSSR count). The predicted octanol–water partition coefficient (Wildman–Crippen LogP) is 0.790. The number of benzene rings is 1. The average Bonchev–Trinajstić information content (AvgIpc) is 2.04. The van der Waals surface area contributed by atoms with E-state index in [1.165, 1.54) is 12.1 Å². The average molecular weight is 184 g/mol. The van der Waals surface area contributed by atoms with Crippen LogP contribution < -0.4 is 11.5 Å². The van der Waals surface area contributed by atoms with Crippen LogP contribution in [0.4, 0.5) is 10.1 Å². The highest BCUT2D eigenvalue weighted by Gasteiger charge is 2.13. The molecule has 72 valence electrons. The van der Waals surface area contributed by atoms with Crippen LogP contribution in [0.1, 0.15) is 18.0 Å². The van der Waals surface area contributed by atoms with Crippen molar-refractivity contribution in [2.45, 2.75) is 12.5 Å². The van der Waals surface area contributed by atoms with Crippen molar-refractivity contribution in [2.75, 3.05) is 12.3 Å². The van der Waals surface area contributed by atoms with Gasteiger partial charge < -0.3 is 16.6 Å². The number of aliphatic hydroxyl groups excluding tert-OH is 1. The molecule has 1 atom stereocenters. The quantitative estimate of drug-likeness (QED) is 0.608. The number of halogens is 1. The number of hydrogen-bond donors (Lipinski definition) is 3. The van der Waals surface area contributed by atoms with Crippen LogP contribution in [-0.4, -0.2) is 11.7 Å². The lowest BCUT2D eigenvalue weighted by atomic mass is 10.0. The fourth-order valence-corrected chi connectivity index (χ4v) is 1.23. The van der Waals surface area contributed by atoms with Crippen LogP contribution in [0.25, 0.3) is 0 Å². The van der Waals surface area contributed by atoms with Crippen LogP contribution in [0.3, 0.4) is 0 Å². The fraction of sp³-hybridized carbons (Fsp3) is 0.333. The van der Waals surface area contributed by atoms with Gasteiger partial charge in [-0.1, -0.05) is 6.07 Å². The molecular weight excluding hydrogens is 171 g/mol. The summed E-state index contributed by atoms with van der Waals surface area (Å²) >= 11 is 0. The first-order valence-corrected chi connectivity index (χ1v) is 4.07. The van der Waals surface area contributed by atoms with Crippen molar-refractivity contribution in [3.8, 4) is 0 Å². The van der Waals surface area contributed by atoms with Gasteiger partial charge in [0, 0.05) is 23.9 Å². The molecule has 0 saturated heterocycles. The number of hydrogen-bond acceptors (Lipinski definition) is 3. The Kier molecular flexibility index (Phi) is 3.22. The molecule has 0 aliphatic heterocycles. The monoisotopic (exact) mass is 184 g/mol. The molecule has 0 heterocycles. The van der Waals surface area contributed by atoms with Gasteiger partial charge in [-0.05, 0) is 18.6 Å². The number of anilines is 1. The van der Waals surface area contributed by atoms with Crippen molar-refractivity contribution in [1.82, 2.24) is 0 Å². The summed E-state index contributed by atoms with van der Waals surface area (Å²) in [6.45, 7) is -0.0745. The van der Waals surface area contributed by atoms with Crippen molar-refractivity contribution < 1.29 is 9.50 Å². The molecule has 1 aromatic carbocycles. The van der Waals surface area contributed by atoms with E-state index >= 15 is 0 Å². The third-order valence-electron chi connectivity index (χ3n) is 1.90. The van der Waals surface area contributed by atoms with E-state index in [2.05, 4.69) is 0 Å². The van der Waals surface area contributed by atoms with E-state index in [9.17, 15) is 4.39 Å². The molecule has 0 aromatic heterocycles. The largest absolute Gasteiger partial charge is 0.398 e. The van der Waals surface area contributed by atoms with Gasteiger partial charge in [-0.2, -0.15) is 0 Å². The van der Waals surface area contributed by atoms with Crippen molar-refractivity contribution in [3.05, 3.63) is 29.6 Å². The molecule has 13 heavy (non-hydrogen) atoms. The Morgan fingerprint density at radius 1 is 1.46 bits per heavy atom. The topological polar surface area (TPSA) is 72.3 Å². The highest BCUT2D eigenvalue weighted by molar-refractivity contribution is 5.48. The Morgan fingerprint density at radius 3 is 2.69 bits per heavy atom. The van der Waals surface area contributed by atoms with E-state index in [-0.39, 0.29) is 12.2 Å². The van der Waals surface area contributed by atoms with Gasteiger partial charge in [0.1, 0.15) is 5.82 Å². The van der Waals surface area contributed by atoms with E-state index < -0.39 is 11.9 Å². The first-order valence-electron chi connectivity index (χ1n) is 4.07. The molecule has 4 heteroatoms. The SMILES string of the molecule is Nc1cccc(F)c1C(N)CCO. The maximum absolute atomic E-state index is 13.2. The van der Waals surface area contributed by atoms with Gasteiger partial charge in [0.2, 0.25) is 0 Å². The molecule has 0 spiro atoms. The Bertz CT molecular complexity index is 271. The van der Waals surface area contributed by atoms with Crippen molar-refractivity contribution in [3.63, 3.8) is 0 Å². The van der Waals surface area contributed by atoms with Crippen molar-refractivity contribution in [2.24, 2.45) is 5.73 Å². The van der Waals surface area contributed by atoms with Crippen molar-refractivity contribution >= 4 is 5.69 Å². The van der Waals surface area contributed by atoms with Gasteiger partial charge in [-0.15, -0.1) is 0 Å². The zero-order chi connectivity index (χ0) is 9.84. The van der Waals surface area contributed by atoms with E-state index in [1.54, 1.807) is 6.07 Å². The minimum absolute atomic E-state index is 0.0745. The zero-order valence-corrected chi connectivity index (χ0v) is 7.20. The molecule has 3 nitrogen and oxygen atoms in total. The summed E-state index contributed by atoms with van der Waals surface area (Å²) in [5, 5.41) is 8.64. The van der Waals surface area contributed by atoms with Crippen LogP contribution in [-0.2, 0) is 0 Å². The molecule has 0 aliphatic carbocycles. The molecule has 0 bridgehead atoms. The van der Waals surface area contributed by atoms with Gasteiger partial charge in [0.15, 0.2) is 0 Å². The summed E-state index contributed by atoms with van der Waals surface area (Å²) in [7, 11) is 0. The van der Waals surface area contributed by atoms with Gasteiger partial charge >= 0.3 is 0 Å². The second-order valence-electron chi connectivity index (χ2n) is 2.86. The number of nitrogens with two attached hydrogens (primary N) is 2. The third-order valence-corrected chi connectivity index (χ3v) is 1.90. The number of rotatable bonds is 3. The molecule has 1 aromatic rings. The van der Waals surface area contributed by atoms with Crippen LogP contribution in [0.5, 0.6) is 0 Å². The standard InChI is InChI=1S/C9H13FN2O/c10-6-2-1-3-7(11)9(6)8(12)4-5-13/h1-3,8,13H,4-5,11-12H2. The van der Waals surface area contributed by atoms with Crippen LogP contribution in [0, 0.1) is 5.82 Å². The molecular formula is C9H13FN2O. The summed E-state index contributed by atoms with van der Waals surface area (Å²) < 4.78 is 13.2. The minimum Gasteiger partial charge on any atom is -0.398 e. The van der Waals surface area contributed by atoms with E-state index in [0.29, 0.717) is 12.1 Å². The molecule has 5 N–H and O–H groups in total. The van der Waals surface area contributed by atoms with Crippen molar-refractivity contribution in [1.29, 1.82) is 0 Å². The van der Waals surface area contributed by atoms with Crippen LogP contribution in [0.15, 0.2) is 18.2 Å². The third kappa shape index (κ3) is 2.17. The number of aliphatic hydroxyl groups is 1. The van der Waals surface area contributed by atoms with Crippen LogP contribution >= 0.6 is 0 Å². The summed E-state index contributed by atoms with van der Waals surface area (Å²) in [6, 6.07) is 3.89. The second-order valence-corrected chi connectivity index (χ2v) is 2.86. The Morgan fingerprint density at radius 2 is 2.15 bits per heavy atom. The molecule has 0 radical (unpaired) electrons. The molecule has 1 unspecified atom stereocenters. The maximum Gasteiger partial charge on any atom is 0.130 e. The van der Waals surface area contributed by atoms with E-state index in [1.807, 2.05) is 0 Å². The molecule has 0 saturated carbocycles. The first-order chi connectivity index (χ1) is 6.16. The highest BCUT2D eigenvalue weighted by Crippen LogP contribution is 2.23. The van der Waals surface area contributed by atoms with E-state index in [0.717, 1.165) is 0 Å². The minimum atomic E-state index is -0.536. The van der Waals surface area contributed by atoms with Crippen LogP contribution in [0.2, 0.25) is 0 Å². The summed E-state index contributed by atoms with van der Waals surface area (Å²) in [5.41, 5.74) is 11.8. The molecule has 0 fully saturated rings. The Labute approximate surface area is 76.2 Å². The van der Waals surface area contributed by atoms with Gasteiger partial charge in [0.05, 0.1) is 0 Å². The Hall–Kier alpha value is -1.13. The lowest BCUT2D eigenvalue weighted by Gasteiger charge is -2.13. The summed E-state index contributed by atoms with van der Waals surface area (Å²) in [5.74, 6) is -0.416. The normalized spacial score (nSPS) is 12.8. The highest BCUT2D eigenvalue weighted by atomic mass is 19.1. The van der Waals surface area contributed by atoms with Gasteiger partial charge in [-0.3, -0.25) is 0 Å². The van der Waals surface area contributed by atoms with Gasteiger partial charge in [0.25, 0.3) is 0 Å². The zero-order valence-electron chi connectivity index (χ0n) is 7.20. The number of nitrogen functional groups attached to an aromatic ring is 1. The lowest BCUT2D eigenvalue weighted by molar-refractivity contribution is 0.275. The maximum atomic E-state index is 13.2. The second kappa shape index (κ2) is 4.20. The molecule has 0 amide bonds. The Balaban J connectivity index is 2.98. The first kappa shape index (κ1) is 9.95. The van der Waals surface area contributed by atoms with E-state index in [4.69, 9.17) is 16.6 Å². The van der Waals surface area contributed by atoms with Gasteiger partial charge in [-0.25, -0.2) is 4.39 Å².